The molecule has 11 heavy (non-hydrogen) atoms. The molecule has 5 heteroatoms. The van der Waals surface area contributed by atoms with E-state index < -0.39 is 0 Å². The van der Waals surface area contributed by atoms with Crippen molar-refractivity contribution in [3.05, 3.63) is 11.6 Å². The largest absolute Gasteiger partial charge is 0.388 e. The molecule has 5 nitrogen and oxygen atoms in total. The van der Waals surface area contributed by atoms with E-state index in [-0.39, 0.29) is 6.61 Å². The summed E-state index contributed by atoms with van der Waals surface area (Å²) in [6.07, 6.45) is 0.785. The number of hydrogen-bond donors (Lipinski definition) is 3. The molecule has 0 unspecified atom stereocenters. The Bertz CT molecular complexity index is 210. The summed E-state index contributed by atoms with van der Waals surface area (Å²) >= 11 is 0. The van der Waals surface area contributed by atoms with Gasteiger partial charge in [-0.2, -0.15) is 5.10 Å². The third-order valence-electron chi connectivity index (χ3n) is 1.33. The minimum Gasteiger partial charge on any atom is -0.388 e. The molecule has 0 fully saturated rings. The van der Waals surface area contributed by atoms with Crippen LogP contribution in [-0.4, -0.2) is 33.9 Å². The number of hydrogen-bond acceptors (Lipinski definition) is 4. The molecular formula is C6H12N4O. The second-order valence-electron chi connectivity index (χ2n) is 2.21. The van der Waals surface area contributed by atoms with E-state index in [1.54, 1.807) is 0 Å². The van der Waals surface area contributed by atoms with E-state index in [0.717, 1.165) is 18.8 Å². The molecule has 0 aliphatic rings. The molecule has 0 atom stereocenters. The van der Waals surface area contributed by atoms with Crippen LogP contribution in [0, 0.1) is 0 Å². The molecule has 3 N–H and O–H groups in total. The number of nitrogens with zero attached hydrogens (tertiary/aromatic N) is 2. The van der Waals surface area contributed by atoms with Gasteiger partial charge in [0.15, 0.2) is 5.82 Å². The predicted octanol–water partition coefficient (Wildman–Crippen LogP) is -0.941. The van der Waals surface area contributed by atoms with Crippen molar-refractivity contribution in [3.8, 4) is 0 Å². The summed E-state index contributed by atoms with van der Waals surface area (Å²) in [5, 5.41) is 18.1. The molecule has 0 bridgehead atoms. The quantitative estimate of drug-likeness (QED) is 0.526. The topological polar surface area (TPSA) is 73.8 Å². The molecule has 1 aromatic heterocycles. The zero-order chi connectivity index (χ0) is 8.10. The number of aromatic amines is 1. The Balaban J connectivity index is 2.44. The summed E-state index contributed by atoms with van der Waals surface area (Å²) < 4.78 is 0. The van der Waals surface area contributed by atoms with Gasteiger partial charge in [0.1, 0.15) is 12.4 Å². The minimum atomic E-state index is -0.0768. The maximum absolute atomic E-state index is 8.63. The summed E-state index contributed by atoms with van der Waals surface area (Å²) in [5.41, 5.74) is 0. The van der Waals surface area contributed by atoms with Crippen molar-refractivity contribution in [3.63, 3.8) is 0 Å². The van der Waals surface area contributed by atoms with Crippen molar-refractivity contribution in [2.75, 3.05) is 13.6 Å². The van der Waals surface area contributed by atoms with Gasteiger partial charge in [0.2, 0.25) is 0 Å². The molecule has 0 aliphatic carbocycles. The van der Waals surface area contributed by atoms with Crippen molar-refractivity contribution in [2.24, 2.45) is 0 Å². The highest BCUT2D eigenvalue weighted by Gasteiger charge is 1.99. The average Bonchev–Trinajstić information content (AvgIpc) is 2.48. The van der Waals surface area contributed by atoms with E-state index >= 15 is 0 Å². The molecule has 0 saturated carbocycles. The van der Waals surface area contributed by atoms with Crippen LogP contribution in [0.15, 0.2) is 0 Å². The van der Waals surface area contributed by atoms with Crippen LogP contribution in [0.3, 0.4) is 0 Å². The second kappa shape index (κ2) is 4.05. The molecule has 1 heterocycles. The van der Waals surface area contributed by atoms with Gasteiger partial charge in [-0.15, -0.1) is 0 Å². The number of rotatable bonds is 4. The first-order chi connectivity index (χ1) is 5.36. The Labute approximate surface area is 64.9 Å². The highest BCUT2D eigenvalue weighted by Crippen LogP contribution is 1.91. The third-order valence-corrected chi connectivity index (χ3v) is 1.33. The monoisotopic (exact) mass is 156 g/mol. The van der Waals surface area contributed by atoms with Crippen molar-refractivity contribution in [1.29, 1.82) is 0 Å². The van der Waals surface area contributed by atoms with E-state index in [2.05, 4.69) is 20.5 Å². The fraction of sp³-hybridized carbons (Fsp3) is 0.667. The van der Waals surface area contributed by atoms with Crippen LogP contribution in [0.25, 0.3) is 0 Å². The number of aliphatic hydroxyl groups is 1. The zero-order valence-electron chi connectivity index (χ0n) is 6.46. The minimum absolute atomic E-state index is 0.0768. The predicted molar refractivity (Wildman–Crippen MR) is 39.9 cm³/mol. The smallest absolute Gasteiger partial charge is 0.152 e. The number of H-pyrrole nitrogens is 1. The Morgan fingerprint density at radius 2 is 2.45 bits per heavy atom. The molecule has 0 spiro atoms. The Kier molecular flexibility index (Phi) is 3.00. The summed E-state index contributed by atoms with van der Waals surface area (Å²) in [5.74, 6) is 1.26. The van der Waals surface area contributed by atoms with E-state index in [0.29, 0.717) is 5.82 Å². The van der Waals surface area contributed by atoms with Crippen molar-refractivity contribution >= 4 is 0 Å². The standard InChI is InChI=1S/C6H12N4O/c1-7-3-2-5-8-6(4-11)10-9-5/h7,11H,2-4H2,1H3,(H,8,9,10). The molecule has 0 radical (unpaired) electrons. The van der Waals surface area contributed by atoms with Gasteiger partial charge in [-0.3, -0.25) is 5.10 Å². The molecular weight excluding hydrogens is 144 g/mol. The lowest BCUT2D eigenvalue weighted by Crippen LogP contribution is -2.11. The fourth-order valence-corrected chi connectivity index (χ4v) is 0.754. The summed E-state index contributed by atoms with van der Waals surface area (Å²) in [6.45, 7) is 0.773. The fourth-order valence-electron chi connectivity index (χ4n) is 0.754. The molecule has 0 amide bonds. The first kappa shape index (κ1) is 8.16. The number of aromatic nitrogens is 3. The number of likely N-dealkylation sites (N-methyl/N-ethyl adjacent to an activating group) is 1. The highest BCUT2D eigenvalue weighted by molar-refractivity contribution is 4.88. The summed E-state index contributed by atoms with van der Waals surface area (Å²) in [4.78, 5) is 4.01. The molecule has 0 aromatic carbocycles. The van der Waals surface area contributed by atoms with Crippen LogP contribution >= 0.6 is 0 Å². The van der Waals surface area contributed by atoms with Gasteiger partial charge in [-0.1, -0.05) is 0 Å². The number of nitrogens with one attached hydrogen (secondary N) is 2. The highest BCUT2D eigenvalue weighted by atomic mass is 16.3. The molecule has 1 rings (SSSR count). The Morgan fingerprint density at radius 1 is 1.64 bits per heavy atom. The maximum Gasteiger partial charge on any atom is 0.152 e. The lowest BCUT2D eigenvalue weighted by atomic mass is 10.4. The van der Waals surface area contributed by atoms with Crippen molar-refractivity contribution in [2.45, 2.75) is 13.0 Å². The lowest BCUT2D eigenvalue weighted by molar-refractivity contribution is 0.271. The van der Waals surface area contributed by atoms with Crippen molar-refractivity contribution < 1.29 is 5.11 Å². The van der Waals surface area contributed by atoms with Crippen LogP contribution in [0.4, 0.5) is 0 Å². The van der Waals surface area contributed by atoms with E-state index in [1.807, 2.05) is 7.05 Å². The van der Waals surface area contributed by atoms with Gasteiger partial charge >= 0.3 is 0 Å². The van der Waals surface area contributed by atoms with E-state index in [1.165, 1.54) is 0 Å². The van der Waals surface area contributed by atoms with Crippen LogP contribution in [0.5, 0.6) is 0 Å². The first-order valence-electron chi connectivity index (χ1n) is 3.52. The molecule has 1 aromatic rings. The van der Waals surface area contributed by atoms with Gasteiger partial charge < -0.3 is 10.4 Å². The summed E-state index contributed by atoms with van der Waals surface area (Å²) in [7, 11) is 1.87. The molecule has 0 aliphatic heterocycles. The van der Waals surface area contributed by atoms with Gasteiger partial charge in [0.25, 0.3) is 0 Å². The maximum atomic E-state index is 8.63. The Hall–Kier alpha value is -0.940. The summed E-state index contributed by atoms with van der Waals surface area (Å²) in [6, 6.07) is 0. The van der Waals surface area contributed by atoms with E-state index in [9.17, 15) is 0 Å². The zero-order valence-corrected chi connectivity index (χ0v) is 6.46. The van der Waals surface area contributed by atoms with Gasteiger partial charge in [0.05, 0.1) is 0 Å². The van der Waals surface area contributed by atoms with Crippen LogP contribution in [-0.2, 0) is 13.0 Å². The first-order valence-corrected chi connectivity index (χ1v) is 3.52. The van der Waals surface area contributed by atoms with Gasteiger partial charge in [-0.05, 0) is 7.05 Å². The normalized spacial score (nSPS) is 10.4. The molecule has 62 valence electrons. The molecule has 0 saturated heterocycles. The van der Waals surface area contributed by atoms with Crippen LogP contribution in [0.1, 0.15) is 11.6 Å². The SMILES string of the molecule is CNCCc1n[nH]c(CO)n1. The van der Waals surface area contributed by atoms with E-state index in [4.69, 9.17) is 5.11 Å². The van der Waals surface area contributed by atoms with Gasteiger partial charge in [0, 0.05) is 13.0 Å². The average molecular weight is 156 g/mol. The van der Waals surface area contributed by atoms with Crippen LogP contribution in [0.2, 0.25) is 0 Å². The van der Waals surface area contributed by atoms with Gasteiger partial charge in [-0.25, -0.2) is 4.98 Å². The lowest BCUT2D eigenvalue weighted by Gasteiger charge is -1.91. The number of aliphatic hydroxyl groups excluding tert-OH is 1. The van der Waals surface area contributed by atoms with Crippen molar-refractivity contribution in [1.82, 2.24) is 20.5 Å². The van der Waals surface area contributed by atoms with Crippen LogP contribution < -0.4 is 5.32 Å². The second-order valence-corrected chi connectivity index (χ2v) is 2.21. The third kappa shape index (κ3) is 2.28. The Morgan fingerprint density at radius 3 is 3.00 bits per heavy atom.